The van der Waals surface area contributed by atoms with Gasteiger partial charge in [-0.05, 0) is 0 Å². The average molecular weight is 170 g/mol. The summed E-state index contributed by atoms with van der Waals surface area (Å²) in [5.41, 5.74) is 0. The smallest absolute Gasteiger partial charge is 0.321 e. The number of carbonyl (C=O) groups is 2. The van der Waals surface area contributed by atoms with Crippen LogP contribution in [0.5, 0.6) is 0 Å². The van der Waals surface area contributed by atoms with Gasteiger partial charge in [0.1, 0.15) is 6.04 Å². The Morgan fingerprint density at radius 1 is 1.75 bits per heavy atom. The van der Waals surface area contributed by atoms with E-state index in [1.807, 2.05) is 4.81 Å². The van der Waals surface area contributed by atoms with Crippen molar-refractivity contribution in [2.45, 2.75) is 6.04 Å². The van der Waals surface area contributed by atoms with E-state index in [-0.39, 0.29) is 0 Å². The molecule has 0 aromatic heterocycles. The summed E-state index contributed by atoms with van der Waals surface area (Å²) in [5.74, 6) is -0.856. The van der Waals surface area contributed by atoms with Gasteiger partial charge in [-0.15, -0.1) is 0 Å². The Kier molecular flexibility index (Phi) is 3.24. The summed E-state index contributed by atoms with van der Waals surface area (Å²) >= 11 is 0. The van der Waals surface area contributed by atoms with Crippen molar-refractivity contribution in [3.8, 4) is 0 Å². The lowest BCUT2D eigenvalue weighted by Gasteiger charge is -2.29. The van der Waals surface area contributed by atoms with Gasteiger partial charge in [-0.3, -0.25) is 4.79 Å². The number of carboxylic acid groups (broad SMARTS) is 1. The second-order valence-corrected chi connectivity index (χ2v) is 2.77. The molecule has 66 valence electrons. The second kappa shape index (κ2) is 4.23. The van der Waals surface area contributed by atoms with Gasteiger partial charge in [-0.2, -0.15) is 0 Å². The molecule has 5 nitrogen and oxygen atoms in total. The molecule has 1 aliphatic heterocycles. The van der Waals surface area contributed by atoms with Gasteiger partial charge in [-0.1, -0.05) is 0 Å². The maximum absolute atomic E-state index is 10.5. The van der Waals surface area contributed by atoms with Crippen molar-refractivity contribution in [3.63, 3.8) is 0 Å². The molecule has 1 rings (SSSR count). The largest absolute Gasteiger partial charge is 0.480 e. The molecule has 0 saturated carbocycles. The maximum atomic E-state index is 10.5. The number of carbonyl (C=O) groups excluding carboxylic acids is 1. The number of nitrogens with one attached hydrogen (secondary N) is 1. The van der Waals surface area contributed by atoms with Gasteiger partial charge in [0.25, 0.3) is 7.41 Å². The van der Waals surface area contributed by atoms with Crippen molar-refractivity contribution in [1.29, 1.82) is 0 Å². The SMILES string of the molecule is O=CBN1CCN[C@H](C(=O)O)C1. The van der Waals surface area contributed by atoms with Crippen LogP contribution in [0.4, 0.5) is 0 Å². The van der Waals surface area contributed by atoms with E-state index in [4.69, 9.17) is 5.11 Å². The molecule has 2 N–H and O–H groups in total. The molecule has 0 aromatic rings. The molecule has 1 saturated heterocycles. The van der Waals surface area contributed by atoms with Crippen molar-refractivity contribution in [2.24, 2.45) is 0 Å². The lowest BCUT2D eigenvalue weighted by atomic mass is 9.92. The van der Waals surface area contributed by atoms with Crippen molar-refractivity contribution in [1.82, 2.24) is 10.1 Å². The molecule has 1 heterocycles. The van der Waals surface area contributed by atoms with E-state index in [9.17, 15) is 9.59 Å². The molecule has 0 radical (unpaired) electrons. The predicted octanol–water partition coefficient (Wildman–Crippen LogP) is -2.11. The fraction of sp³-hybridized carbons (Fsp3) is 0.667. The number of hydrogen-bond donors (Lipinski definition) is 2. The van der Waals surface area contributed by atoms with E-state index < -0.39 is 12.0 Å². The fourth-order valence-corrected chi connectivity index (χ4v) is 1.25. The van der Waals surface area contributed by atoms with Gasteiger partial charge in [0.2, 0.25) is 0 Å². The number of rotatable bonds is 3. The Labute approximate surface area is 71.0 Å². The van der Waals surface area contributed by atoms with Crippen molar-refractivity contribution < 1.29 is 14.7 Å². The number of aliphatic carboxylic acids is 1. The lowest BCUT2D eigenvalue weighted by Crippen LogP contribution is -2.55. The van der Waals surface area contributed by atoms with Crippen molar-refractivity contribution in [2.75, 3.05) is 19.6 Å². The summed E-state index contributed by atoms with van der Waals surface area (Å²) < 4.78 is 0. The Balaban J connectivity index is 2.39. The zero-order valence-electron chi connectivity index (χ0n) is 6.69. The van der Waals surface area contributed by atoms with Crippen LogP contribution in [0.3, 0.4) is 0 Å². The molecule has 0 aromatic carbocycles. The van der Waals surface area contributed by atoms with Crippen LogP contribution in [-0.2, 0) is 9.59 Å². The first-order chi connectivity index (χ1) is 5.74. The van der Waals surface area contributed by atoms with Crippen molar-refractivity contribution in [3.05, 3.63) is 0 Å². The predicted molar refractivity (Wildman–Crippen MR) is 44.9 cm³/mol. The third kappa shape index (κ3) is 2.32. The van der Waals surface area contributed by atoms with Crippen LogP contribution in [0.2, 0.25) is 0 Å². The standard InChI is InChI=1S/C6H11BN2O3/c10-4-7-9-2-1-8-5(3-9)6(11)12/h4-5,7-8H,1-3H2,(H,11,12)/t5-/m0/s1. The monoisotopic (exact) mass is 170 g/mol. The average Bonchev–Trinajstić information content (AvgIpc) is 2.05. The number of nitrogens with zero attached hydrogens (tertiary/aromatic N) is 1. The highest BCUT2D eigenvalue weighted by molar-refractivity contribution is 6.64. The highest BCUT2D eigenvalue weighted by Crippen LogP contribution is 1.96. The molecule has 0 unspecified atom stereocenters. The topological polar surface area (TPSA) is 69.6 Å². The van der Waals surface area contributed by atoms with E-state index >= 15 is 0 Å². The van der Waals surface area contributed by atoms with Crippen LogP contribution in [0, 0.1) is 0 Å². The number of hydrogen-bond acceptors (Lipinski definition) is 4. The molecule has 1 aliphatic rings. The van der Waals surface area contributed by atoms with Gasteiger partial charge >= 0.3 is 5.97 Å². The summed E-state index contributed by atoms with van der Waals surface area (Å²) in [6.45, 7) is 1.78. The summed E-state index contributed by atoms with van der Waals surface area (Å²) in [4.78, 5) is 22.5. The van der Waals surface area contributed by atoms with Gasteiger partial charge in [0.05, 0.1) is 6.19 Å². The molecule has 1 atom stereocenters. The van der Waals surface area contributed by atoms with E-state index in [1.165, 1.54) is 0 Å². The third-order valence-electron chi connectivity index (χ3n) is 1.89. The molecule has 0 aliphatic carbocycles. The van der Waals surface area contributed by atoms with E-state index in [2.05, 4.69) is 5.32 Å². The minimum Gasteiger partial charge on any atom is -0.480 e. The summed E-state index contributed by atoms with van der Waals surface area (Å²) in [6, 6.07) is -0.529. The highest BCUT2D eigenvalue weighted by atomic mass is 16.4. The van der Waals surface area contributed by atoms with Crippen LogP contribution in [0.1, 0.15) is 0 Å². The Morgan fingerprint density at radius 2 is 2.50 bits per heavy atom. The molecule has 12 heavy (non-hydrogen) atoms. The van der Waals surface area contributed by atoms with E-state index in [0.29, 0.717) is 20.5 Å². The molecule has 0 spiro atoms. The zero-order chi connectivity index (χ0) is 8.97. The first kappa shape index (κ1) is 9.21. The molecule has 0 bridgehead atoms. The number of carboxylic acids is 1. The van der Waals surface area contributed by atoms with Crippen LogP contribution in [0.25, 0.3) is 0 Å². The van der Waals surface area contributed by atoms with Crippen LogP contribution in [0.15, 0.2) is 0 Å². The van der Waals surface area contributed by atoms with Gasteiger partial charge in [-0.25, -0.2) is 0 Å². The molecule has 1 fully saturated rings. The van der Waals surface area contributed by atoms with Crippen LogP contribution < -0.4 is 5.32 Å². The fourth-order valence-electron chi connectivity index (χ4n) is 1.25. The lowest BCUT2D eigenvalue weighted by molar-refractivity contribution is -0.140. The van der Waals surface area contributed by atoms with Gasteiger partial charge in [0.15, 0.2) is 0 Å². The zero-order valence-corrected chi connectivity index (χ0v) is 6.69. The van der Waals surface area contributed by atoms with Gasteiger partial charge in [0, 0.05) is 19.6 Å². The Morgan fingerprint density at radius 3 is 3.08 bits per heavy atom. The van der Waals surface area contributed by atoms with E-state index in [0.717, 1.165) is 12.7 Å². The first-order valence-electron chi connectivity index (χ1n) is 3.86. The normalized spacial score (nSPS) is 24.8. The van der Waals surface area contributed by atoms with Gasteiger partial charge < -0.3 is 20.0 Å². The second-order valence-electron chi connectivity index (χ2n) is 2.77. The summed E-state index contributed by atoms with van der Waals surface area (Å²) in [7, 11) is 0.325. The minimum atomic E-state index is -0.856. The Bertz CT molecular complexity index is 188. The highest BCUT2D eigenvalue weighted by Gasteiger charge is 2.24. The quantitative estimate of drug-likeness (QED) is 0.374. The third-order valence-corrected chi connectivity index (χ3v) is 1.89. The van der Waals surface area contributed by atoms with Crippen molar-refractivity contribution >= 4 is 19.6 Å². The maximum Gasteiger partial charge on any atom is 0.321 e. The number of piperazine rings is 1. The first-order valence-corrected chi connectivity index (χ1v) is 3.86. The van der Waals surface area contributed by atoms with Crippen LogP contribution >= 0.6 is 0 Å². The minimum absolute atomic E-state index is 0.325. The molecule has 0 amide bonds. The van der Waals surface area contributed by atoms with E-state index in [1.54, 1.807) is 0 Å². The molecular formula is C6H11BN2O3. The molecular weight excluding hydrogens is 159 g/mol. The summed E-state index contributed by atoms with van der Waals surface area (Å²) in [6.07, 6.45) is 0.796. The Hall–Kier alpha value is -0.875. The molecule has 6 heteroatoms. The summed E-state index contributed by atoms with van der Waals surface area (Å²) in [5, 5.41) is 11.5. The van der Waals surface area contributed by atoms with Crippen LogP contribution in [-0.4, -0.2) is 55.2 Å².